The van der Waals surface area contributed by atoms with E-state index in [1.807, 2.05) is 12.1 Å². The van der Waals surface area contributed by atoms with Gasteiger partial charge in [0, 0.05) is 24.5 Å². The van der Waals surface area contributed by atoms with Crippen molar-refractivity contribution in [2.45, 2.75) is 33.9 Å². The lowest BCUT2D eigenvalue weighted by Crippen LogP contribution is -2.05. The summed E-state index contributed by atoms with van der Waals surface area (Å²) in [5.74, 6) is 0.693. The van der Waals surface area contributed by atoms with Crippen molar-refractivity contribution in [1.29, 1.82) is 5.26 Å². The number of methoxy groups -OCH3 is 1. The van der Waals surface area contributed by atoms with E-state index in [-0.39, 0.29) is 0 Å². The number of hydrogen-bond acceptors (Lipinski definition) is 3. The van der Waals surface area contributed by atoms with E-state index < -0.39 is 0 Å². The van der Waals surface area contributed by atoms with E-state index in [1.54, 1.807) is 13.2 Å². The van der Waals surface area contributed by atoms with Gasteiger partial charge in [0.1, 0.15) is 11.8 Å². The van der Waals surface area contributed by atoms with Gasteiger partial charge in [0.2, 0.25) is 0 Å². The smallest absolute Gasteiger partial charge is 0.143 e. The first-order valence-electron chi connectivity index (χ1n) is 7.09. The number of nitrogens with zero attached hydrogens (tertiary/aromatic N) is 2. The summed E-state index contributed by atoms with van der Waals surface area (Å²) in [5, 5.41) is 12.6. The Morgan fingerprint density at radius 2 is 2.10 bits per heavy atom. The van der Waals surface area contributed by atoms with Gasteiger partial charge in [-0.3, -0.25) is 0 Å². The van der Waals surface area contributed by atoms with Gasteiger partial charge < -0.3 is 14.6 Å². The van der Waals surface area contributed by atoms with Crippen molar-refractivity contribution in [2.24, 2.45) is 0 Å². The number of nitrogens with one attached hydrogen (secondary N) is 1. The molecule has 4 nitrogen and oxygen atoms in total. The van der Waals surface area contributed by atoms with Crippen molar-refractivity contribution in [3.63, 3.8) is 0 Å². The lowest BCUT2D eigenvalue weighted by atomic mass is 10.1. The first-order valence-corrected chi connectivity index (χ1v) is 7.09. The number of benzene rings is 1. The quantitative estimate of drug-likeness (QED) is 0.911. The SMILES string of the molecule is CCn1c(C)cc(CNc2c(C#N)cccc2OC)c1C. The lowest BCUT2D eigenvalue weighted by molar-refractivity contribution is 0.416. The zero-order valence-corrected chi connectivity index (χ0v) is 13.0. The first-order chi connectivity index (χ1) is 10.1. The summed E-state index contributed by atoms with van der Waals surface area (Å²) in [7, 11) is 1.62. The molecule has 0 atom stereocenters. The van der Waals surface area contributed by atoms with E-state index in [0.717, 1.165) is 12.2 Å². The van der Waals surface area contributed by atoms with E-state index in [4.69, 9.17) is 4.74 Å². The Balaban J connectivity index is 2.27. The summed E-state index contributed by atoms with van der Waals surface area (Å²) in [6.45, 7) is 8.03. The Bertz CT molecular complexity index is 680. The molecule has 0 bridgehead atoms. The van der Waals surface area contributed by atoms with Crippen LogP contribution >= 0.6 is 0 Å². The zero-order valence-electron chi connectivity index (χ0n) is 13.0. The third kappa shape index (κ3) is 2.87. The van der Waals surface area contributed by atoms with E-state index in [2.05, 4.69) is 42.8 Å². The van der Waals surface area contributed by atoms with Gasteiger partial charge in [-0.2, -0.15) is 5.26 Å². The Labute approximate surface area is 126 Å². The Morgan fingerprint density at radius 3 is 2.67 bits per heavy atom. The van der Waals surface area contributed by atoms with Crippen molar-refractivity contribution in [1.82, 2.24) is 4.57 Å². The van der Waals surface area contributed by atoms with Gasteiger partial charge in [-0.15, -0.1) is 0 Å². The van der Waals surface area contributed by atoms with Crippen molar-refractivity contribution < 1.29 is 4.74 Å². The summed E-state index contributed by atoms with van der Waals surface area (Å²) in [6.07, 6.45) is 0. The summed E-state index contributed by atoms with van der Waals surface area (Å²) in [6, 6.07) is 9.87. The monoisotopic (exact) mass is 283 g/mol. The molecular formula is C17H21N3O. The van der Waals surface area contributed by atoms with Crippen LogP contribution in [0.25, 0.3) is 0 Å². The molecule has 0 fully saturated rings. The largest absolute Gasteiger partial charge is 0.495 e. The van der Waals surface area contributed by atoms with Gasteiger partial charge in [0.15, 0.2) is 0 Å². The van der Waals surface area contributed by atoms with Crippen LogP contribution in [0.15, 0.2) is 24.3 Å². The van der Waals surface area contributed by atoms with Crippen molar-refractivity contribution in [3.8, 4) is 11.8 Å². The molecule has 0 radical (unpaired) electrons. The standard InChI is InChI=1S/C17H21N3O/c1-5-20-12(2)9-15(13(20)3)11-19-17-14(10-18)7-6-8-16(17)21-4/h6-9,19H,5,11H2,1-4H3. The fourth-order valence-electron chi connectivity index (χ4n) is 2.70. The van der Waals surface area contributed by atoms with Crippen LogP contribution < -0.4 is 10.1 Å². The minimum absolute atomic E-state index is 0.596. The van der Waals surface area contributed by atoms with Gasteiger partial charge in [-0.05, 0) is 44.5 Å². The van der Waals surface area contributed by atoms with Crippen LogP contribution in [0.1, 0.15) is 29.4 Å². The molecule has 1 aromatic heterocycles. The number of ether oxygens (including phenoxy) is 1. The van der Waals surface area contributed by atoms with Crippen LogP contribution in [-0.4, -0.2) is 11.7 Å². The van der Waals surface area contributed by atoms with Crippen LogP contribution in [0.5, 0.6) is 5.75 Å². The Kier molecular flexibility index (Phi) is 4.54. The fourth-order valence-corrected chi connectivity index (χ4v) is 2.70. The van der Waals surface area contributed by atoms with Gasteiger partial charge >= 0.3 is 0 Å². The highest BCUT2D eigenvalue weighted by Crippen LogP contribution is 2.28. The molecule has 1 N–H and O–H groups in total. The molecule has 0 aliphatic rings. The highest BCUT2D eigenvalue weighted by Gasteiger charge is 2.11. The molecule has 21 heavy (non-hydrogen) atoms. The van der Waals surface area contributed by atoms with E-state index in [0.29, 0.717) is 17.9 Å². The number of anilines is 1. The predicted molar refractivity (Wildman–Crippen MR) is 84.6 cm³/mol. The molecule has 1 aromatic carbocycles. The molecule has 0 unspecified atom stereocenters. The van der Waals surface area contributed by atoms with Crippen LogP contribution in [0.3, 0.4) is 0 Å². The fraction of sp³-hybridized carbons (Fsp3) is 0.353. The summed E-state index contributed by atoms with van der Waals surface area (Å²) >= 11 is 0. The van der Waals surface area contributed by atoms with E-state index >= 15 is 0 Å². The van der Waals surface area contributed by atoms with E-state index in [1.165, 1.54) is 17.0 Å². The van der Waals surface area contributed by atoms with Crippen molar-refractivity contribution >= 4 is 5.69 Å². The van der Waals surface area contributed by atoms with Crippen LogP contribution in [0.4, 0.5) is 5.69 Å². The second-order valence-electron chi connectivity index (χ2n) is 4.99. The van der Waals surface area contributed by atoms with E-state index in [9.17, 15) is 5.26 Å². The number of nitriles is 1. The van der Waals surface area contributed by atoms with Gasteiger partial charge in [-0.1, -0.05) is 6.07 Å². The Morgan fingerprint density at radius 1 is 1.33 bits per heavy atom. The van der Waals surface area contributed by atoms with Crippen LogP contribution in [-0.2, 0) is 13.1 Å². The minimum Gasteiger partial charge on any atom is -0.495 e. The average Bonchev–Trinajstić information content (AvgIpc) is 2.78. The highest BCUT2D eigenvalue weighted by molar-refractivity contribution is 5.66. The molecule has 2 rings (SSSR count). The third-order valence-corrected chi connectivity index (χ3v) is 3.82. The predicted octanol–water partition coefficient (Wildman–Crippen LogP) is 3.62. The molecule has 0 saturated heterocycles. The Hall–Kier alpha value is -2.41. The molecule has 0 saturated carbocycles. The second-order valence-corrected chi connectivity index (χ2v) is 4.99. The van der Waals surface area contributed by atoms with Gasteiger partial charge in [0.05, 0.1) is 18.4 Å². The third-order valence-electron chi connectivity index (χ3n) is 3.82. The summed E-state index contributed by atoms with van der Waals surface area (Å²) < 4.78 is 7.62. The summed E-state index contributed by atoms with van der Waals surface area (Å²) in [5.41, 5.74) is 5.11. The van der Waals surface area contributed by atoms with Crippen molar-refractivity contribution in [3.05, 3.63) is 46.8 Å². The number of aromatic nitrogens is 1. The maximum Gasteiger partial charge on any atom is 0.143 e. The molecule has 4 heteroatoms. The molecule has 110 valence electrons. The average molecular weight is 283 g/mol. The lowest BCUT2D eigenvalue weighted by Gasteiger charge is -2.13. The van der Waals surface area contributed by atoms with Crippen LogP contribution in [0.2, 0.25) is 0 Å². The zero-order chi connectivity index (χ0) is 15.4. The molecule has 2 aromatic rings. The molecular weight excluding hydrogens is 262 g/mol. The van der Waals surface area contributed by atoms with Gasteiger partial charge in [-0.25, -0.2) is 0 Å². The maximum atomic E-state index is 9.23. The first kappa shape index (κ1) is 15.0. The minimum atomic E-state index is 0.596. The number of para-hydroxylation sites is 1. The van der Waals surface area contributed by atoms with Crippen molar-refractivity contribution in [2.75, 3.05) is 12.4 Å². The number of hydrogen-bond donors (Lipinski definition) is 1. The molecule has 1 heterocycles. The van der Waals surface area contributed by atoms with Crippen LogP contribution in [0, 0.1) is 25.2 Å². The highest BCUT2D eigenvalue weighted by atomic mass is 16.5. The summed E-state index contributed by atoms with van der Waals surface area (Å²) in [4.78, 5) is 0. The molecule has 0 spiro atoms. The second kappa shape index (κ2) is 6.36. The molecule has 0 amide bonds. The molecule has 0 aliphatic heterocycles. The topological polar surface area (TPSA) is 50.0 Å². The number of rotatable bonds is 5. The number of aryl methyl sites for hydroxylation is 1. The maximum absolute atomic E-state index is 9.23. The molecule has 0 aliphatic carbocycles. The normalized spacial score (nSPS) is 10.2. The van der Waals surface area contributed by atoms with Gasteiger partial charge in [0.25, 0.3) is 0 Å².